The van der Waals surface area contributed by atoms with Crippen LogP contribution >= 0.6 is 0 Å². The van der Waals surface area contributed by atoms with Crippen molar-refractivity contribution >= 4 is 16.8 Å². The van der Waals surface area contributed by atoms with Crippen molar-refractivity contribution < 1.29 is 28.4 Å². The zero-order chi connectivity index (χ0) is 35.5. The van der Waals surface area contributed by atoms with Crippen molar-refractivity contribution in [2.45, 2.75) is 24.9 Å². The lowest BCUT2D eigenvalue weighted by atomic mass is 9.76. The van der Waals surface area contributed by atoms with Gasteiger partial charge in [0.05, 0.1) is 35.5 Å². The molecule has 0 N–H and O–H groups in total. The lowest BCUT2D eigenvalue weighted by Crippen LogP contribution is -2.35. The van der Waals surface area contributed by atoms with E-state index in [-0.39, 0.29) is 5.41 Å². The Bertz CT molecular complexity index is 2270. The Balaban J connectivity index is 1.40. The van der Waals surface area contributed by atoms with Crippen LogP contribution in [0.25, 0.3) is 39.1 Å². The second-order valence-corrected chi connectivity index (χ2v) is 13.5. The molecule has 0 saturated heterocycles. The zero-order valence-corrected chi connectivity index (χ0v) is 29.9. The monoisotopic (exact) mass is 676 g/mol. The largest absolute Gasteiger partial charge is 0.497 e. The van der Waals surface area contributed by atoms with Gasteiger partial charge in [-0.25, -0.2) is 0 Å². The quantitative estimate of drug-likeness (QED) is 0.160. The summed E-state index contributed by atoms with van der Waals surface area (Å²) in [4.78, 5) is 0. The third-order valence-corrected chi connectivity index (χ3v) is 10.6. The van der Waals surface area contributed by atoms with Gasteiger partial charge in [0.1, 0.15) is 23.0 Å². The Kier molecular flexibility index (Phi) is 7.71. The minimum atomic E-state index is -0.947. The Labute approximate surface area is 298 Å². The molecular weight excluding hydrogens is 636 g/mol. The first-order valence-electron chi connectivity index (χ1n) is 17.0. The van der Waals surface area contributed by atoms with Crippen molar-refractivity contribution in [2.75, 3.05) is 35.5 Å². The Morgan fingerprint density at radius 3 is 1.57 bits per heavy atom. The van der Waals surface area contributed by atoms with Gasteiger partial charge in [-0.3, -0.25) is 0 Å². The summed E-state index contributed by atoms with van der Waals surface area (Å²) in [6.07, 6.45) is 4.44. The van der Waals surface area contributed by atoms with Crippen LogP contribution in [0.2, 0.25) is 0 Å². The van der Waals surface area contributed by atoms with Crippen LogP contribution in [-0.4, -0.2) is 35.5 Å². The molecule has 6 aromatic rings. The minimum Gasteiger partial charge on any atom is -0.497 e. The van der Waals surface area contributed by atoms with Crippen LogP contribution in [0.5, 0.6) is 34.5 Å². The molecular formula is C45H40O6. The third kappa shape index (κ3) is 4.92. The number of rotatable bonds is 8. The first kappa shape index (κ1) is 32.3. The van der Waals surface area contributed by atoms with Crippen molar-refractivity contribution in [1.29, 1.82) is 0 Å². The molecule has 256 valence electrons. The van der Waals surface area contributed by atoms with Gasteiger partial charge in [-0.1, -0.05) is 68.5 Å². The van der Waals surface area contributed by atoms with Gasteiger partial charge in [0.25, 0.3) is 0 Å². The molecule has 0 bridgehead atoms. The molecule has 6 aromatic carbocycles. The van der Waals surface area contributed by atoms with E-state index in [0.717, 1.165) is 61.6 Å². The maximum Gasteiger partial charge on any atom is 0.178 e. The number of fused-ring (bicyclic) bond motifs is 8. The summed E-state index contributed by atoms with van der Waals surface area (Å²) >= 11 is 0. The van der Waals surface area contributed by atoms with Crippen molar-refractivity contribution in [3.05, 3.63) is 137 Å². The van der Waals surface area contributed by atoms with Crippen LogP contribution in [-0.2, 0) is 11.0 Å². The third-order valence-electron chi connectivity index (χ3n) is 10.6. The molecule has 8 rings (SSSR count). The number of ether oxygens (including phenoxy) is 6. The van der Waals surface area contributed by atoms with Crippen molar-refractivity contribution in [1.82, 2.24) is 0 Å². The van der Waals surface area contributed by atoms with Crippen LogP contribution in [0, 0.1) is 0 Å². The molecule has 6 nitrogen and oxygen atoms in total. The standard InChI is InChI=1S/C45H40O6/c1-44(2)38-24-28(27-8-15-31(46-3)16-9-27)10-21-34(38)41-36-25-39(49-6)40(50-7)26-37(36)43-35(42(41)44)22-23-45(51-43,29-11-17-32(47-4)18-12-29)30-13-19-33(48-5)20-14-30/h8-26H,1-7H3. The van der Waals surface area contributed by atoms with Crippen LogP contribution in [0.4, 0.5) is 0 Å². The summed E-state index contributed by atoms with van der Waals surface area (Å²) in [6, 6.07) is 35.4. The fraction of sp³-hybridized carbons (Fsp3) is 0.200. The van der Waals surface area contributed by atoms with Crippen LogP contribution in [0.15, 0.2) is 109 Å². The van der Waals surface area contributed by atoms with E-state index in [1.165, 1.54) is 22.3 Å². The molecule has 0 amide bonds. The highest BCUT2D eigenvalue weighted by Crippen LogP contribution is 2.59. The molecule has 1 heterocycles. The van der Waals surface area contributed by atoms with E-state index in [4.69, 9.17) is 28.4 Å². The highest BCUT2D eigenvalue weighted by molar-refractivity contribution is 6.09. The molecule has 2 aliphatic rings. The number of hydrogen-bond acceptors (Lipinski definition) is 6. The molecule has 0 spiro atoms. The SMILES string of the molecule is COc1ccc(-c2ccc3c(c2)C(C)(C)c2c4c(c5cc(OC)c(OC)cc5c2-3)OC(c2ccc(OC)cc2)(c2ccc(OC)cc2)C=C4)cc1. The molecule has 6 heteroatoms. The molecule has 0 unspecified atom stereocenters. The maximum absolute atomic E-state index is 7.48. The summed E-state index contributed by atoms with van der Waals surface area (Å²) in [5, 5.41) is 1.99. The van der Waals surface area contributed by atoms with Crippen molar-refractivity contribution in [3.8, 4) is 56.8 Å². The molecule has 51 heavy (non-hydrogen) atoms. The van der Waals surface area contributed by atoms with Crippen molar-refractivity contribution in [2.24, 2.45) is 0 Å². The van der Waals surface area contributed by atoms with Gasteiger partial charge in [-0.2, -0.15) is 0 Å². The summed E-state index contributed by atoms with van der Waals surface area (Å²) < 4.78 is 35.7. The molecule has 0 radical (unpaired) electrons. The lowest BCUT2D eigenvalue weighted by molar-refractivity contribution is 0.163. The Hall–Kier alpha value is -5.88. The van der Waals surface area contributed by atoms with Gasteiger partial charge >= 0.3 is 0 Å². The Morgan fingerprint density at radius 1 is 0.529 bits per heavy atom. The van der Waals surface area contributed by atoms with Gasteiger partial charge in [0.15, 0.2) is 17.1 Å². The number of hydrogen-bond donors (Lipinski definition) is 0. The van der Waals surface area contributed by atoms with Gasteiger partial charge in [-0.05, 0) is 99.4 Å². The van der Waals surface area contributed by atoms with Crippen molar-refractivity contribution in [3.63, 3.8) is 0 Å². The summed E-state index contributed by atoms with van der Waals surface area (Å²) in [7, 11) is 8.39. The van der Waals surface area contributed by atoms with Gasteiger partial charge < -0.3 is 28.4 Å². The first-order chi connectivity index (χ1) is 24.8. The minimum absolute atomic E-state index is 0.355. The van der Waals surface area contributed by atoms with Gasteiger partial charge in [0.2, 0.25) is 0 Å². The smallest absolute Gasteiger partial charge is 0.178 e. The van der Waals surface area contributed by atoms with E-state index in [1.54, 1.807) is 35.5 Å². The number of benzene rings is 6. The van der Waals surface area contributed by atoms with E-state index in [9.17, 15) is 0 Å². The normalized spacial score (nSPS) is 14.6. The second-order valence-electron chi connectivity index (χ2n) is 13.5. The summed E-state index contributed by atoms with van der Waals surface area (Å²) in [6.45, 7) is 4.62. The average Bonchev–Trinajstić information content (AvgIpc) is 3.43. The first-order valence-corrected chi connectivity index (χ1v) is 17.0. The van der Waals surface area contributed by atoms with E-state index < -0.39 is 5.60 Å². The lowest BCUT2D eigenvalue weighted by Gasteiger charge is -2.38. The van der Waals surface area contributed by atoms with E-state index in [1.807, 2.05) is 36.4 Å². The highest BCUT2D eigenvalue weighted by atomic mass is 16.5. The molecule has 1 aliphatic heterocycles. The summed E-state index contributed by atoms with van der Waals surface area (Å²) in [5.41, 5.74) is 8.82. The van der Waals surface area contributed by atoms with Gasteiger partial charge in [-0.15, -0.1) is 0 Å². The molecule has 0 saturated carbocycles. The predicted molar refractivity (Wildman–Crippen MR) is 203 cm³/mol. The van der Waals surface area contributed by atoms with E-state index >= 15 is 0 Å². The van der Waals surface area contributed by atoms with Crippen LogP contribution < -0.4 is 28.4 Å². The zero-order valence-electron chi connectivity index (χ0n) is 29.9. The summed E-state index contributed by atoms with van der Waals surface area (Å²) in [5.74, 6) is 4.47. The molecule has 1 aliphatic carbocycles. The average molecular weight is 677 g/mol. The fourth-order valence-corrected chi connectivity index (χ4v) is 7.93. The molecule has 0 atom stereocenters. The Morgan fingerprint density at radius 2 is 1.04 bits per heavy atom. The maximum atomic E-state index is 7.48. The fourth-order valence-electron chi connectivity index (χ4n) is 7.93. The highest BCUT2D eigenvalue weighted by Gasteiger charge is 2.44. The van der Waals surface area contributed by atoms with Crippen LogP contribution in [0.1, 0.15) is 41.7 Å². The predicted octanol–water partition coefficient (Wildman–Crippen LogP) is 10.2. The van der Waals surface area contributed by atoms with Gasteiger partial charge in [0, 0.05) is 27.5 Å². The van der Waals surface area contributed by atoms with Crippen LogP contribution in [0.3, 0.4) is 0 Å². The number of methoxy groups -OCH3 is 5. The molecule has 0 fully saturated rings. The van der Waals surface area contributed by atoms with E-state index in [2.05, 4.69) is 92.7 Å². The van der Waals surface area contributed by atoms with E-state index in [0.29, 0.717) is 11.5 Å². The topological polar surface area (TPSA) is 55.4 Å². The molecule has 0 aromatic heterocycles. The second kappa shape index (κ2) is 12.2.